The van der Waals surface area contributed by atoms with Crippen LogP contribution in [0.5, 0.6) is 0 Å². The van der Waals surface area contributed by atoms with Crippen LogP contribution in [0.2, 0.25) is 0 Å². The van der Waals surface area contributed by atoms with Crippen LogP contribution in [0, 0.1) is 0 Å². The highest BCUT2D eigenvalue weighted by Crippen LogP contribution is 2.20. The molecule has 3 aromatic heterocycles. The van der Waals surface area contributed by atoms with Crippen molar-refractivity contribution < 1.29 is 0 Å². The lowest BCUT2D eigenvalue weighted by atomic mass is 10.1. The molecule has 3 heterocycles. The van der Waals surface area contributed by atoms with Gasteiger partial charge in [0.1, 0.15) is 0 Å². The molecule has 0 atom stereocenters. The molecule has 0 aliphatic rings. The highest BCUT2D eigenvalue weighted by atomic mass is 16.1. The first-order chi connectivity index (χ1) is 12.8. The number of hydrogen-bond acceptors (Lipinski definition) is 3. The van der Waals surface area contributed by atoms with E-state index in [2.05, 4.69) is 29.0 Å². The third-order valence-electron chi connectivity index (χ3n) is 4.82. The fourth-order valence-electron chi connectivity index (χ4n) is 3.41. The van der Waals surface area contributed by atoms with Gasteiger partial charge in [-0.25, -0.2) is 9.97 Å². The largest absolute Gasteiger partial charge is 0.284 e. The van der Waals surface area contributed by atoms with Crippen LogP contribution in [0.4, 0.5) is 0 Å². The van der Waals surface area contributed by atoms with Crippen LogP contribution in [-0.2, 0) is 6.42 Å². The van der Waals surface area contributed by atoms with Crippen LogP contribution in [0.3, 0.4) is 0 Å². The van der Waals surface area contributed by atoms with Crippen LogP contribution in [0.1, 0.15) is 12.5 Å². The van der Waals surface area contributed by atoms with E-state index in [4.69, 9.17) is 0 Å². The number of aryl methyl sites for hydroxylation is 1. The Morgan fingerprint density at radius 2 is 1.77 bits per heavy atom. The molecule has 5 nitrogen and oxygen atoms in total. The summed E-state index contributed by atoms with van der Waals surface area (Å²) >= 11 is 0. The molecule has 0 unspecified atom stereocenters. The van der Waals surface area contributed by atoms with Crippen molar-refractivity contribution in [2.24, 2.45) is 0 Å². The number of fused-ring (bicyclic) bond motifs is 5. The zero-order valence-electron chi connectivity index (χ0n) is 14.3. The van der Waals surface area contributed by atoms with Gasteiger partial charge in [0.2, 0.25) is 5.78 Å². The maximum absolute atomic E-state index is 13.1. The molecule has 126 valence electrons. The summed E-state index contributed by atoms with van der Waals surface area (Å²) in [6.45, 7) is 2.11. The first-order valence-corrected chi connectivity index (χ1v) is 8.63. The average molecular weight is 340 g/mol. The number of rotatable bonds is 2. The molecule has 0 amide bonds. The lowest BCUT2D eigenvalue weighted by Gasteiger charge is -2.09. The number of benzene rings is 2. The van der Waals surface area contributed by atoms with Crippen molar-refractivity contribution in [2.75, 3.05) is 0 Å². The molecule has 5 rings (SSSR count). The van der Waals surface area contributed by atoms with Crippen molar-refractivity contribution in [2.45, 2.75) is 13.3 Å². The van der Waals surface area contributed by atoms with E-state index in [9.17, 15) is 4.79 Å². The first kappa shape index (κ1) is 14.8. The molecule has 5 heteroatoms. The average Bonchev–Trinajstić information content (AvgIpc) is 3.07. The summed E-state index contributed by atoms with van der Waals surface area (Å²) < 4.78 is 3.60. The van der Waals surface area contributed by atoms with Crippen molar-refractivity contribution in [3.63, 3.8) is 0 Å². The Kier molecular flexibility index (Phi) is 3.15. The van der Waals surface area contributed by atoms with E-state index in [1.54, 1.807) is 10.8 Å². The maximum atomic E-state index is 13.1. The molecule has 26 heavy (non-hydrogen) atoms. The Labute approximate surface area is 149 Å². The summed E-state index contributed by atoms with van der Waals surface area (Å²) in [4.78, 5) is 22.0. The molecule has 2 aromatic carbocycles. The van der Waals surface area contributed by atoms with Crippen molar-refractivity contribution in [1.82, 2.24) is 18.9 Å². The van der Waals surface area contributed by atoms with Crippen molar-refractivity contribution in [1.29, 1.82) is 0 Å². The number of pyridine rings is 1. The second-order valence-corrected chi connectivity index (χ2v) is 6.30. The van der Waals surface area contributed by atoms with Crippen LogP contribution < -0.4 is 5.56 Å². The molecular weight excluding hydrogens is 324 g/mol. The Bertz CT molecular complexity index is 1330. The highest BCUT2D eigenvalue weighted by molar-refractivity contribution is 5.88. The summed E-state index contributed by atoms with van der Waals surface area (Å²) in [5.74, 6) is 0.600. The first-order valence-electron chi connectivity index (χ1n) is 8.63. The fraction of sp³-hybridized carbons (Fsp3) is 0.0952. The Hall–Kier alpha value is -3.47. The molecule has 0 saturated heterocycles. The Morgan fingerprint density at radius 3 is 2.58 bits per heavy atom. The van der Waals surface area contributed by atoms with E-state index >= 15 is 0 Å². The molecule has 0 saturated carbocycles. The topological polar surface area (TPSA) is 52.2 Å². The van der Waals surface area contributed by atoms with Gasteiger partial charge in [-0.3, -0.25) is 13.8 Å². The maximum Gasteiger partial charge on any atom is 0.266 e. The molecule has 0 N–H and O–H groups in total. The molecule has 0 radical (unpaired) electrons. The van der Waals surface area contributed by atoms with E-state index in [0.717, 1.165) is 28.7 Å². The zero-order valence-corrected chi connectivity index (χ0v) is 14.3. The summed E-state index contributed by atoms with van der Waals surface area (Å²) in [7, 11) is 0. The predicted octanol–water partition coefficient (Wildman–Crippen LogP) is 3.75. The van der Waals surface area contributed by atoms with E-state index in [1.807, 2.05) is 53.1 Å². The molecule has 5 aromatic rings. The van der Waals surface area contributed by atoms with Gasteiger partial charge < -0.3 is 0 Å². The number of aromatic nitrogens is 4. The fourth-order valence-corrected chi connectivity index (χ4v) is 3.41. The minimum absolute atomic E-state index is 0.0843. The van der Waals surface area contributed by atoms with Gasteiger partial charge in [0.05, 0.1) is 21.9 Å². The molecule has 0 aliphatic heterocycles. The Balaban J connectivity index is 1.81. The van der Waals surface area contributed by atoms with Crippen LogP contribution in [0.15, 0.2) is 71.8 Å². The monoisotopic (exact) mass is 340 g/mol. The second-order valence-electron chi connectivity index (χ2n) is 6.30. The van der Waals surface area contributed by atoms with Crippen LogP contribution >= 0.6 is 0 Å². The molecule has 0 fully saturated rings. The van der Waals surface area contributed by atoms with E-state index in [-0.39, 0.29) is 5.56 Å². The van der Waals surface area contributed by atoms with E-state index in [0.29, 0.717) is 11.2 Å². The predicted molar refractivity (Wildman–Crippen MR) is 103 cm³/mol. The summed E-state index contributed by atoms with van der Waals surface area (Å²) in [5, 5.41) is 0.572. The van der Waals surface area contributed by atoms with Gasteiger partial charge >= 0.3 is 0 Å². The van der Waals surface area contributed by atoms with Gasteiger partial charge in [-0.1, -0.05) is 31.2 Å². The number of para-hydroxylation sites is 2. The minimum Gasteiger partial charge on any atom is -0.284 e. The molecule has 0 aliphatic carbocycles. The number of nitrogens with zero attached hydrogens (tertiary/aromatic N) is 4. The molecule has 0 bridgehead atoms. The van der Waals surface area contributed by atoms with Gasteiger partial charge in [0, 0.05) is 18.1 Å². The van der Waals surface area contributed by atoms with Gasteiger partial charge in [0.15, 0.2) is 0 Å². The van der Waals surface area contributed by atoms with E-state index in [1.165, 1.54) is 5.56 Å². The van der Waals surface area contributed by atoms with Gasteiger partial charge in [-0.2, -0.15) is 0 Å². The quantitative estimate of drug-likeness (QED) is 0.492. The van der Waals surface area contributed by atoms with Crippen molar-refractivity contribution in [3.05, 3.63) is 82.9 Å². The lowest BCUT2D eigenvalue weighted by molar-refractivity contribution is 0.995. The van der Waals surface area contributed by atoms with Gasteiger partial charge in [-0.05, 0) is 42.3 Å². The minimum atomic E-state index is -0.0843. The lowest BCUT2D eigenvalue weighted by Crippen LogP contribution is -2.18. The summed E-state index contributed by atoms with van der Waals surface area (Å²) in [6.07, 6.45) is 4.41. The van der Waals surface area contributed by atoms with Crippen molar-refractivity contribution in [3.8, 4) is 5.69 Å². The third kappa shape index (κ3) is 2.07. The number of imidazole rings is 1. The smallest absolute Gasteiger partial charge is 0.266 e. The SMILES string of the molecule is CCc1ccc(-n2ccc3c(cnc4nc5ccccc5n43)c2=O)cc1. The second kappa shape index (κ2) is 5.52. The summed E-state index contributed by atoms with van der Waals surface area (Å²) in [6, 6.07) is 17.9. The normalized spacial score (nSPS) is 11.6. The Morgan fingerprint density at radius 1 is 0.962 bits per heavy atom. The molecule has 0 spiro atoms. The third-order valence-corrected chi connectivity index (χ3v) is 4.82. The van der Waals surface area contributed by atoms with Gasteiger partial charge in [-0.15, -0.1) is 0 Å². The number of hydrogen-bond donors (Lipinski definition) is 0. The van der Waals surface area contributed by atoms with E-state index < -0.39 is 0 Å². The van der Waals surface area contributed by atoms with Crippen LogP contribution in [0.25, 0.3) is 33.4 Å². The van der Waals surface area contributed by atoms with Crippen LogP contribution in [-0.4, -0.2) is 18.9 Å². The highest BCUT2D eigenvalue weighted by Gasteiger charge is 2.12. The summed E-state index contributed by atoms with van der Waals surface area (Å²) in [5.41, 5.74) is 4.64. The van der Waals surface area contributed by atoms with Crippen molar-refractivity contribution >= 4 is 27.7 Å². The standard InChI is InChI=1S/C21H16N4O/c1-2-14-7-9-15(10-8-14)24-12-11-18-16(20(24)26)13-22-21-23-17-5-3-4-6-19(17)25(18)21/h3-13H,2H2,1H3. The zero-order chi connectivity index (χ0) is 17.7. The molecular formula is C21H16N4O. The van der Waals surface area contributed by atoms with Gasteiger partial charge in [0.25, 0.3) is 5.56 Å².